The molecule has 0 spiro atoms. The van der Waals surface area contributed by atoms with Crippen LogP contribution in [0.25, 0.3) is 11.0 Å². The average molecular weight is 566 g/mol. The quantitative estimate of drug-likeness (QED) is 0.268. The molecule has 0 saturated heterocycles. The van der Waals surface area contributed by atoms with E-state index in [1.165, 1.54) is 13.8 Å². The largest absolute Gasteiger partial charge is 0.497 e. The van der Waals surface area contributed by atoms with Gasteiger partial charge in [0.05, 0.1) is 19.6 Å². The number of aliphatic hydroxyl groups is 2. The molecule has 1 saturated carbocycles. The molecule has 198 valence electrons. The molecule has 3 aromatic rings. The van der Waals surface area contributed by atoms with Crippen molar-refractivity contribution in [2.24, 2.45) is 5.92 Å². The van der Waals surface area contributed by atoms with Gasteiger partial charge in [0, 0.05) is 40.8 Å². The number of aldehydes is 1. The zero-order valence-corrected chi connectivity index (χ0v) is 23.4. The molecule has 1 aliphatic rings. The Morgan fingerprint density at radius 2 is 1.89 bits per heavy atom. The first-order valence-electron chi connectivity index (χ1n) is 12.0. The lowest BCUT2D eigenvalue weighted by Crippen LogP contribution is -2.15. The summed E-state index contributed by atoms with van der Waals surface area (Å²) in [5, 5.41) is 20.5. The zero-order chi connectivity index (χ0) is 26.9. The second-order valence-electron chi connectivity index (χ2n) is 8.69. The van der Waals surface area contributed by atoms with Crippen molar-refractivity contribution in [1.82, 2.24) is 14.5 Å². The second-order valence-corrected chi connectivity index (χ2v) is 9.55. The summed E-state index contributed by atoms with van der Waals surface area (Å²) in [5.74, 6) is 0.895. The fourth-order valence-electron chi connectivity index (χ4n) is 4.00. The third kappa shape index (κ3) is 7.91. The monoisotopic (exact) mass is 564 g/mol. The highest BCUT2D eigenvalue weighted by Gasteiger charge is 2.28. The van der Waals surface area contributed by atoms with Gasteiger partial charge in [-0.3, -0.25) is 0 Å². The van der Waals surface area contributed by atoms with E-state index in [-0.39, 0.29) is 12.0 Å². The molecule has 0 aliphatic heterocycles. The predicted octanol–water partition coefficient (Wildman–Crippen LogP) is 5.10. The number of anilines is 1. The summed E-state index contributed by atoms with van der Waals surface area (Å²) in [6, 6.07) is 6.03. The number of benzene rings is 1. The smallest absolute Gasteiger partial charge is 0.156 e. The van der Waals surface area contributed by atoms with Crippen LogP contribution in [0.5, 0.6) is 11.5 Å². The molecule has 2 aromatic heterocycles. The van der Waals surface area contributed by atoms with Crippen LogP contribution >= 0.6 is 15.9 Å². The molecule has 36 heavy (non-hydrogen) atoms. The average Bonchev–Trinajstić information content (AvgIpc) is 3.47. The van der Waals surface area contributed by atoms with E-state index < -0.39 is 5.79 Å². The molecule has 9 nitrogen and oxygen atoms in total. The van der Waals surface area contributed by atoms with Gasteiger partial charge in [0.15, 0.2) is 5.79 Å². The summed E-state index contributed by atoms with van der Waals surface area (Å²) in [6.45, 7) is 7.15. The highest BCUT2D eigenvalue weighted by atomic mass is 79.9. The third-order valence-electron chi connectivity index (χ3n) is 5.53. The molecule has 0 radical (unpaired) electrons. The van der Waals surface area contributed by atoms with E-state index in [1.54, 1.807) is 20.5 Å². The van der Waals surface area contributed by atoms with Crippen LogP contribution in [0.1, 0.15) is 58.6 Å². The van der Waals surface area contributed by atoms with Gasteiger partial charge in [-0.15, -0.1) is 0 Å². The normalized spacial score (nSPS) is 16.9. The van der Waals surface area contributed by atoms with Crippen molar-refractivity contribution < 1.29 is 24.5 Å². The van der Waals surface area contributed by atoms with Crippen molar-refractivity contribution in [2.75, 3.05) is 19.5 Å². The number of fused-ring (bicyclic) bond motifs is 1. The highest BCUT2D eigenvalue weighted by Crippen LogP contribution is 2.39. The van der Waals surface area contributed by atoms with Gasteiger partial charge in [0.1, 0.15) is 35.6 Å². The number of methoxy groups -OCH3 is 2. The predicted molar refractivity (Wildman–Crippen MR) is 144 cm³/mol. The molecule has 3 N–H and O–H groups in total. The van der Waals surface area contributed by atoms with Gasteiger partial charge in [-0.05, 0) is 61.2 Å². The van der Waals surface area contributed by atoms with Crippen LogP contribution in [-0.2, 0) is 11.3 Å². The molecule has 0 amide bonds. The summed E-state index contributed by atoms with van der Waals surface area (Å²) < 4.78 is 13.9. The molecule has 1 aromatic carbocycles. The van der Waals surface area contributed by atoms with Crippen LogP contribution in [0, 0.1) is 5.92 Å². The molecule has 0 bridgehead atoms. The van der Waals surface area contributed by atoms with E-state index in [0.717, 1.165) is 63.9 Å². The number of carbonyl (C=O) groups excluding carboxylic acids is 1. The first-order chi connectivity index (χ1) is 17.1. The molecule has 2 atom stereocenters. The van der Waals surface area contributed by atoms with Crippen molar-refractivity contribution in [3.63, 3.8) is 0 Å². The Labute approximate surface area is 221 Å². The molecule has 1 aliphatic carbocycles. The molecule has 2 unspecified atom stereocenters. The van der Waals surface area contributed by atoms with Gasteiger partial charge in [-0.1, -0.05) is 13.8 Å². The summed E-state index contributed by atoms with van der Waals surface area (Å²) in [4.78, 5) is 20.1. The van der Waals surface area contributed by atoms with Crippen molar-refractivity contribution in [3.8, 4) is 11.5 Å². The van der Waals surface area contributed by atoms with Gasteiger partial charge in [0.25, 0.3) is 0 Å². The number of ether oxygens (including phenoxy) is 2. The van der Waals surface area contributed by atoms with E-state index in [0.29, 0.717) is 6.54 Å². The number of hydrogen-bond acceptors (Lipinski definition) is 8. The number of aromatic nitrogens is 3. The van der Waals surface area contributed by atoms with Gasteiger partial charge < -0.3 is 34.4 Å². The zero-order valence-electron chi connectivity index (χ0n) is 21.8. The standard InChI is InChI=1S/C21H23BrN4O3.C3H8O2.C2H6/c1-28-16-6-4-14(18(8-16)29-2)9-23-20-19-17(22)10-26(21(19)25-12-24-20)15-5-3-13(7-15)11-27;1-3(2,4)5;1-2/h4,6,8,10-13,15H,3,5,7,9H2,1-2H3,(H,23,24,25);4-5H,1-2H3;1-2H3. The Kier molecular flexibility index (Phi) is 11.1. The second kappa shape index (κ2) is 13.6. The maximum atomic E-state index is 11.1. The van der Waals surface area contributed by atoms with Gasteiger partial charge in [-0.2, -0.15) is 0 Å². The molecular weight excluding hydrogens is 528 g/mol. The summed E-state index contributed by atoms with van der Waals surface area (Å²) in [5.41, 5.74) is 1.87. The van der Waals surface area contributed by atoms with E-state index in [4.69, 9.17) is 19.7 Å². The Bertz CT molecular complexity index is 1120. The SMILES string of the molecule is CC.CC(C)(O)O.COc1ccc(CNc2ncnc3c2c(Br)cn3C2CCC(C=O)C2)c(OC)c1. The fourth-order valence-corrected chi connectivity index (χ4v) is 4.58. The van der Waals surface area contributed by atoms with Crippen LogP contribution in [-0.4, -0.2) is 51.0 Å². The lowest BCUT2D eigenvalue weighted by molar-refractivity contribution is -0.127. The van der Waals surface area contributed by atoms with Crippen molar-refractivity contribution in [2.45, 2.75) is 65.3 Å². The Morgan fingerprint density at radius 1 is 1.19 bits per heavy atom. The number of nitrogens with one attached hydrogen (secondary N) is 1. The Balaban J connectivity index is 0.000000583. The summed E-state index contributed by atoms with van der Waals surface area (Å²) in [6.07, 6.45) is 7.47. The minimum Gasteiger partial charge on any atom is -0.497 e. The number of carbonyl (C=O) groups is 1. The van der Waals surface area contributed by atoms with Crippen LogP contribution in [0.15, 0.2) is 35.2 Å². The van der Waals surface area contributed by atoms with Crippen LogP contribution in [0.4, 0.5) is 5.82 Å². The minimum absolute atomic E-state index is 0.137. The third-order valence-corrected chi connectivity index (χ3v) is 6.14. The lowest BCUT2D eigenvalue weighted by atomic mass is 10.1. The summed E-state index contributed by atoms with van der Waals surface area (Å²) >= 11 is 3.67. The number of halogens is 1. The molecule has 10 heteroatoms. The first kappa shape index (κ1) is 29.5. The summed E-state index contributed by atoms with van der Waals surface area (Å²) in [7, 11) is 3.28. The van der Waals surface area contributed by atoms with Gasteiger partial charge in [-0.25, -0.2) is 9.97 Å². The first-order valence-corrected chi connectivity index (χ1v) is 12.8. The van der Waals surface area contributed by atoms with E-state index >= 15 is 0 Å². The molecule has 2 heterocycles. The number of rotatable bonds is 7. The number of nitrogens with zero attached hydrogens (tertiary/aromatic N) is 3. The van der Waals surface area contributed by atoms with Crippen LogP contribution < -0.4 is 14.8 Å². The van der Waals surface area contributed by atoms with E-state index in [1.807, 2.05) is 32.0 Å². The highest BCUT2D eigenvalue weighted by molar-refractivity contribution is 9.10. The van der Waals surface area contributed by atoms with Gasteiger partial charge in [0.2, 0.25) is 0 Å². The Hall–Kier alpha value is -2.69. The minimum atomic E-state index is -1.50. The van der Waals surface area contributed by atoms with Crippen molar-refractivity contribution >= 4 is 39.1 Å². The Morgan fingerprint density at radius 3 is 2.47 bits per heavy atom. The van der Waals surface area contributed by atoms with E-state index in [9.17, 15) is 4.79 Å². The van der Waals surface area contributed by atoms with Gasteiger partial charge >= 0.3 is 0 Å². The lowest BCUT2D eigenvalue weighted by Gasteiger charge is -2.14. The number of hydrogen-bond donors (Lipinski definition) is 3. The molecular formula is C26H37BrN4O5. The maximum Gasteiger partial charge on any atom is 0.156 e. The van der Waals surface area contributed by atoms with Crippen molar-refractivity contribution in [3.05, 3.63) is 40.8 Å². The van der Waals surface area contributed by atoms with Crippen molar-refractivity contribution in [1.29, 1.82) is 0 Å². The van der Waals surface area contributed by atoms with Crippen LogP contribution in [0.2, 0.25) is 0 Å². The molecule has 1 fully saturated rings. The topological polar surface area (TPSA) is 119 Å². The maximum absolute atomic E-state index is 11.1. The van der Waals surface area contributed by atoms with E-state index in [2.05, 4.69) is 42.0 Å². The fraction of sp³-hybridized carbons (Fsp3) is 0.500. The molecule has 4 rings (SSSR count). The van der Waals surface area contributed by atoms with Crippen LogP contribution in [0.3, 0.4) is 0 Å².